The van der Waals surface area contributed by atoms with Gasteiger partial charge in [0.25, 0.3) is 0 Å². The zero-order valence-corrected chi connectivity index (χ0v) is 13.6. The predicted molar refractivity (Wildman–Crippen MR) is 97.0 cm³/mol. The van der Waals surface area contributed by atoms with Gasteiger partial charge < -0.3 is 4.74 Å². The van der Waals surface area contributed by atoms with Gasteiger partial charge in [0.05, 0.1) is 12.7 Å². The van der Waals surface area contributed by atoms with Crippen LogP contribution in [0, 0.1) is 0 Å². The maximum atomic E-state index is 11.6. The molecule has 2 rings (SSSR count). The van der Waals surface area contributed by atoms with E-state index >= 15 is 0 Å². The minimum Gasteiger partial charge on any atom is -0.465 e. The summed E-state index contributed by atoms with van der Waals surface area (Å²) < 4.78 is 4.73. The second-order valence-electron chi connectivity index (χ2n) is 4.80. The average molecular weight is 325 g/mol. The van der Waals surface area contributed by atoms with Gasteiger partial charge in [-0.15, -0.1) is 0 Å². The van der Waals surface area contributed by atoms with E-state index in [0.717, 1.165) is 16.7 Å². The van der Waals surface area contributed by atoms with Crippen LogP contribution in [0.4, 0.5) is 0 Å². The van der Waals surface area contributed by atoms with Crippen molar-refractivity contribution in [3.8, 4) is 0 Å². The van der Waals surface area contributed by atoms with Gasteiger partial charge >= 0.3 is 5.97 Å². The molecule has 116 valence electrons. The molecular formula is C20H17ClO2. The van der Waals surface area contributed by atoms with Crippen LogP contribution in [-0.2, 0) is 9.53 Å². The van der Waals surface area contributed by atoms with E-state index in [4.69, 9.17) is 16.3 Å². The van der Waals surface area contributed by atoms with Crippen LogP contribution in [-0.4, -0.2) is 13.1 Å². The summed E-state index contributed by atoms with van der Waals surface area (Å²) in [5.74, 6) is -0.433. The highest BCUT2D eigenvalue weighted by Crippen LogP contribution is 2.21. The van der Waals surface area contributed by atoms with Gasteiger partial charge in [-0.2, -0.15) is 0 Å². The molecular weight excluding hydrogens is 308 g/mol. The monoisotopic (exact) mass is 324 g/mol. The van der Waals surface area contributed by atoms with E-state index < -0.39 is 5.97 Å². The van der Waals surface area contributed by atoms with E-state index in [1.807, 2.05) is 72.8 Å². The Bertz CT molecular complexity index is 773. The summed E-state index contributed by atoms with van der Waals surface area (Å²) >= 11 is 6.10. The highest BCUT2D eigenvalue weighted by Gasteiger charge is 2.11. The topological polar surface area (TPSA) is 26.3 Å². The molecule has 0 radical (unpaired) electrons. The Kier molecular flexibility index (Phi) is 5.95. The first-order valence-electron chi connectivity index (χ1n) is 7.09. The molecule has 0 heterocycles. The van der Waals surface area contributed by atoms with Crippen LogP contribution < -0.4 is 0 Å². The van der Waals surface area contributed by atoms with Crippen LogP contribution in [0.1, 0.15) is 16.7 Å². The second-order valence-corrected chi connectivity index (χ2v) is 5.20. The lowest BCUT2D eigenvalue weighted by Gasteiger charge is -2.07. The van der Waals surface area contributed by atoms with Crippen LogP contribution in [0.15, 0.2) is 67.3 Å². The molecule has 3 heteroatoms. The Balaban J connectivity index is 2.19. The van der Waals surface area contributed by atoms with E-state index in [-0.39, 0.29) is 0 Å². The van der Waals surface area contributed by atoms with Crippen molar-refractivity contribution in [2.75, 3.05) is 7.11 Å². The van der Waals surface area contributed by atoms with Crippen LogP contribution >= 0.6 is 11.6 Å². The zero-order chi connectivity index (χ0) is 16.7. The molecule has 2 aromatic rings. The molecule has 23 heavy (non-hydrogen) atoms. The van der Waals surface area contributed by atoms with E-state index in [0.29, 0.717) is 10.6 Å². The molecule has 2 nitrogen and oxygen atoms in total. The Morgan fingerprint density at radius 1 is 1.00 bits per heavy atom. The molecule has 0 saturated carbocycles. The Morgan fingerprint density at radius 2 is 1.57 bits per heavy atom. The third-order valence-electron chi connectivity index (χ3n) is 3.29. The van der Waals surface area contributed by atoms with Crippen LogP contribution in [0.5, 0.6) is 0 Å². The minimum atomic E-state index is -0.433. The number of halogens is 1. The standard InChI is InChI=1S/C20H17ClO2/c1-15(20(22)23-2)18-13-7-5-10-16(18)9-3-4-11-17-12-6-8-14-19(17)21/h3-14H,1H2,2H3/b9-3+,11-4+. The van der Waals surface area contributed by atoms with Crippen LogP contribution in [0.3, 0.4) is 0 Å². The number of methoxy groups -OCH3 is 1. The number of allylic oxidation sites excluding steroid dienone is 2. The first-order chi connectivity index (χ1) is 11.1. The predicted octanol–water partition coefficient (Wildman–Crippen LogP) is 5.25. The van der Waals surface area contributed by atoms with Crippen molar-refractivity contribution >= 4 is 35.3 Å². The van der Waals surface area contributed by atoms with Crippen molar-refractivity contribution < 1.29 is 9.53 Å². The van der Waals surface area contributed by atoms with Gasteiger partial charge in [-0.25, -0.2) is 4.79 Å². The maximum Gasteiger partial charge on any atom is 0.337 e. The number of rotatable bonds is 5. The van der Waals surface area contributed by atoms with Gasteiger partial charge in [-0.05, 0) is 22.8 Å². The third kappa shape index (κ3) is 4.44. The molecule has 0 aromatic heterocycles. The maximum absolute atomic E-state index is 11.6. The molecule has 0 unspecified atom stereocenters. The van der Waals surface area contributed by atoms with E-state index in [9.17, 15) is 4.79 Å². The number of hydrogen-bond donors (Lipinski definition) is 0. The summed E-state index contributed by atoms with van der Waals surface area (Å²) in [4.78, 5) is 11.6. The van der Waals surface area contributed by atoms with Crippen molar-refractivity contribution in [1.82, 2.24) is 0 Å². The molecule has 0 aliphatic carbocycles. The fraction of sp³-hybridized carbons (Fsp3) is 0.0500. The lowest BCUT2D eigenvalue weighted by atomic mass is 10.0. The molecule has 0 atom stereocenters. The van der Waals surface area contributed by atoms with Crippen molar-refractivity contribution in [3.05, 3.63) is 89.0 Å². The largest absolute Gasteiger partial charge is 0.465 e. The molecule has 0 spiro atoms. The summed E-state index contributed by atoms with van der Waals surface area (Å²) in [6.07, 6.45) is 7.64. The van der Waals surface area contributed by atoms with Crippen molar-refractivity contribution in [2.45, 2.75) is 0 Å². The Labute approximate surface area is 141 Å². The summed E-state index contributed by atoms with van der Waals surface area (Å²) in [5, 5.41) is 0.705. The molecule has 0 N–H and O–H groups in total. The molecule has 0 fully saturated rings. The fourth-order valence-corrected chi connectivity index (χ4v) is 2.28. The molecule has 0 bridgehead atoms. The van der Waals surface area contributed by atoms with Gasteiger partial charge in [0, 0.05) is 5.02 Å². The summed E-state index contributed by atoms with van der Waals surface area (Å²) in [6, 6.07) is 15.2. The molecule has 0 amide bonds. The quantitative estimate of drug-likeness (QED) is 0.426. The third-order valence-corrected chi connectivity index (χ3v) is 3.63. The van der Waals surface area contributed by atoms with Gasteiger partial charge in [-0.3, -0.25) is 0 Å². The van der Waals surface area contributed by atoms with Gasteiger partial charge in [-0.1, -0.05) is 84.9 Å². The first-order valence-corrected chi connectivity index (χ1v) is 7.47. The highest BCUT2D eigenvalue weighted by molar-refractivity contribution is 6.32. The molecule has 0 saturated heterocycles. The number of carbonyl (C=O) groups is 1. The van der Waals surface area contributed by atoms with Gasteiger partial charge in [0.15, 0.2) is 0 Å². The number of benzene rings is 2. The number of esters is 1. The molecule has 2 aromatic carbocycles. The fourth-order valence-electron chi connectivity index (χ4n) is 2.08. The van der Waals surface area contributed by atoms with Crippen LogP contribution in [0.2, 0.25) is 5.02 Å². The lowest BCUT2D eigenvalue weighted by molar-refractivity contribution is -0.133. The summed E-state index contributed by atoms with van der Waals surface area (Å²) in [7, 11) is 1.35. The number of carbonyl (C=O) groups excluding carboxylic acids is 1. The van der Waals surface area contributed by atoms with E-state index in [1.54, 1.807) is 0 Å². The smallest absolute Gasteiger partial charge is 0.337 e. The Morgan fingerprint density at radius 3 is 2.22 bits per heavy atom. The van der Waals surface area contributed by atoms with E-state index in [1.165, 1.54) is 7.11 Å². The van der Waals surface area contributed by atoms with Gasteiger partial charge in [0.1, 0.15) is 0 Å². The SMILES string of the molecule is C=C(C(=O)OC)c1ccccc1/C=C/C=C/c1ccccc1Cl. The lowest BCUT2D eigenvalue weighted by Crippen LogP contribution is -2.03. The van der Waals surface area contributed by atoms with Crippen molar-refractivity contribution in [3.63, 3.8) is 0 Å². The first kappa shape index (κ1) is 16.8. The molecule has 0 aliphatic heterocycles. The van der Waals surface area contributed by atoms with Crippen molar-refractivity contribution in [1.29, 1.82) is 0 Å². The average Bonchev–Trinajstić information content (AvgIpc) is 2.59. The second kappa shape index (κ2) is 8.16. The number of ether oxygens (including phenoxy) is 1. The van der Waals surface area contributed by atoms with E-state index in [2.05, 4.69) is 6.58 Å². The highest BCUT2D eigenvalue weighted by atomic mass is 35.5. The Hall–Kier alpha value is -2.58. The summed E-state index contributed by atoms with van der Waals surface area (Å²) in [6.45, 7) is 3.80. The van der Waals surface area contributed by atoms with Gasteiger partial charge in [0.2, 0.25) is 0 Å². The summed E-state index contributed by atoms with van der Waals surface area (Å²) in [5.41, 5.74) is 2.93. The molecule has 0 aliphatic rings. The normalized spacial score (nSPS) is 11.0. The zero-order valence-electron chi connectivity index (χ0n) is 12.8. The number of hydrogen-bond acceptors (Lipinski definition) is 2. The minimum absolute atomic E-state index is 0.336. The van der Waals surface area contributed by atoms with Crippen molar-refractivity contribution in [2.24, 2.45) is 0 Å². The van der Waals surface area contributed by atoms with Crippen LogP contribution in [0.25, 0.3) is 17.7 Å².